The molecule has 65 heavy (non-hydrogen) atoms. The Morgan fingerprint density at radius 3 is 1.77 bits per heavy atom. The van der Waals surface area contributed by atoms with E-state index in [-0.39, 0.29) is 12.1 Å². The number of anilines is 6. The lowest BCUT2D eigenvalue weighted by atomic mass is 9.33. The average molecular weight is 843 g/mol. The molecule has 2 aliphatic heterocycles. The molecule has 4 nitrogen and oxygen atoms in total. The molecule has 9 aromatic rings. The zero-order valence-electron chi connectivity index (χ0n) is 38.6. The molecule has 0 atom stereocenters. The molecule has 13 rings (SSSR count). The number of aromatic nitrogens is 2. The van der Waals surface area contributed by atoms with Gasteiger partial charge >= 0.3 is 0 Å². The fraction of sp³-hybridized carbons (Fsp3) is 0.233. The second kappa shape index (κ2) is 14.1. The number of rotatable bonds is 4. The van der Waals surface area contributed by atoms with Crippen molar-refractivity contribution in [3.63, 3.8) is 0 Å². The molecule has 0 N–H and O–H groups in total. The van der Waals surface area contributed by atoms with Crippen LogP contribution in [0.1, 0.15) is 84.8 Å². The van der Waals surface area contributed by atoms with E-state index in [9.17, 15) is 0 Å². The van der Waals surface area contributed by atoms with Gasteiger partial charge in [0.2, 0.25) is 0 Å². The molecule has 2 aromatic heterocycles. The summed E-state index contributed by atoms with van der Waals surface area (Å²) in [5, 5.41) is 2.80. The monoisotopic (exact) mass is 842 g/mol. The van der Waals surface area contributed by atoms with Crippen molar-refractivity contribution in [1.29, 1.82) is 0 Å². The van der Waals surface area contributed by atoms with Crippen molar-refractivity contribution in [3.8, 4) is 11.4 Å². The summed E-state index contributed by atoms with van der Waals surface area (Å²) >= 11 is 0. The summed E-state index contributed by atoms with van der Waals surface area (Å²) in [6, 6.07) is 54.2. The van der Waals surface area contributed by atoms with Gasteiger partial charge < -0.3 is 18.9 Å². The predicted molar refractivity (Wildman–Crippen MR) is 276 cm³/mol. The lowest BCUT2D eigenvalue weighted by Gasteiger charge is -2.45. The van der Waals surface area contributed by atoms with Crippen LogP contribution in [0.25, 0.3) is 33.2 Å². The van der Waals surface area contributed by atoms with Gasteiger partial charge in [0.25, 0.3) is 6.71 Å². The minimum Gasteiger partial charge on any atom is -0.313 e. The van der Waals surface area contributed by atoms with Crippen molar-refractivity contribution in [1.82, 2.24) is 9.13 Å². The summed E-state index contributed by atoms with van der Waals surface area (Å²) in [5.41, 5.74) is 28.0. The zero-order valence-corrected chi connectivity index (χ0v) is 38.6. The molecule has 5 heteroatoms. The molecule has 0 bridgehead atoms. The van der Waals surface area contributed by atoms with E-state index in [1.165, 1.54) is 148 Å². The molecule has 0 fully saturated rings. The predicted octanol–water partition coefficient (Wildman–Crippen LogP) is 13.2. The minimum absolute atomic E-state index is 0.00830. The van der Waals surface area contributed by atoms with Crippen molar-refractivity contribution in [2.75, 3.05) is 9.80 Å². The first kappa shape index (κ1) is 38.7. The number of nitrogens with zero attached hydrogens (tertiary/aromatic N) is 4. The Balaban J connectivity index is 1.20. The third-order valence-corrected chi connectivity index (χ3v) is 15.4. The smallest absolute Gasteiger partial charge is 0.252 e. The Hall–Kier alpha value is -6.72. The fourth-order valence-corrected chi connectivity index (χ4v) is 12.8. The number of fused-ring (bicyclic) bond motifs is 10. The number of aryl methyl sites for hydroxylation is 5. The zero-order chi connectivity index (χ0) is 43.9. The Kier molecular flexibility index (Phi) is 8.42. The molecule has 7 aromatic carbocycles. The molecule has 318 valence electrons. The van der Waals surface area contributed by atoms with Gasteiger partial charge in [-0.05, 0) is 170 Å². The Bertz CT molecular complexity index is 3430. The van der Waals surface area contributed by atoms with Gasteiger partial charge in [0.15, 0.2) is 0 Å². The van der Waals surface area contributed by atoms with E-state index in [0.717, 1.165) is 25.7 Å². The van der Waals surface area contributed by atoms with E-state index in [1.807, 2.05) is 0 Å². The van der Waals surface area contributed by atoms with E-state index >= 15 is 0 Å². The molecule has 4 heterocycles. The maximum Gasteiger partial charge on any atom is 0.252 e. The van der Waals surface area contributed by atoms with Crippen molar-refractivity contribution < 1.29 is 0 Å². The van der Waals surface area contributed by atoms with Crippen LogP contribution in [-0.4, -0.2) is 15.8 Å². The highest BCUT2D eigenvalue weighted by molar-refractivity contribution is 7.00. The molecular weight excluding hydrogens is 787 g/mol. The SMILES string of the molecule is Cc1cc(C)c(N2c3ccccc3B3c4cc(-n5c6c(c7ccccc75)CCC6)cc(-n5c6c(c7ccccc75)CCCC6)c4N(c4ccc(C(C)(C)C)cc4)c4cccc2c43)c(C)c1. The van der Waals surface area contributed by atoms with Crippen LogP contribution < -0.4 is 26.2 Å². The maximum atomic E-state index is 2.71. The van der Waals surface area contributed by atoms with Crippen molar-refractivity contribution in [3.05, 3.63) is 184 Å². The normalized spacial score (nSPS) is 15.0. The Morgan fingerprint density at radius 2 is 1.05 bits per heavy atom. The highest BCUT2D eigenvalue weighted by atomic mass is 15.2. The molecule has 0 saturated heterocycles. The Labute approximate surface area is 383 Å². The minimum atomic E-state index is -0.00830. The van der Waals surface area contributed by atoms with E-state index in [1.54, 1.807) is 0 Å². The molecular formula is C60H55BN4. The Morgan fingerprint density at radius 1 is 0.462 bits per heavy atom. The highest BCUT2D eigenvalue weighted by Crippen LogP contribution is 2.49. The first-order chi connectivity index (χ1) is 31.7. The second-order valence-electron chi connectivity index (χ2n) is 20.4. The van der Waals surface area contributed by atoms with E-state index in [2.05, 4.69) is 200 Å². The van der Waals surface area contributed by atoms with Crippen LogP contribution in [0.15, 0.2) is 140 Å². The van der Waals surface area contributed by atoms with Crippen molar-refractivity contribution >= 4 is 79.0 Å². The second-order valence-corrected chi connectivity index (χ2v) is 20.4. The van der Waals surface area contributed by atoms with Crippen LogP contribution in [0.3, 0.4) is 0 Å². The number of hydrogen-bond acceptors (Lipinski definition) is 2. The van der Waals surface area contributed by atoms with E-state index in [0.29, 0.717) is 0 Å². The van der Waals surface area contributed by atoms with Crippen LogP contribution in [0.2, 0.25) is 0 Å². The maximum absolute atomic E-state index is 2.71. The van der Waals surface area contributed by atoms with Gasteiger partial charge in [0, 0.05) is 50.6 Å². The molecule has 4 aliphatic rings. The van der Waals surface area contributed by atoms with Gasteiger partial charge in [0.05, 0.1) is 28.1 Å². The molecule has 2 aliphatic carbocycles. The van der Waals surface area contributed by atoms with Crippen LogP contribution in [0.4, 0.5) is 34.1 Å². The van der Waals surface area contributed by atoms with Gasteiger partial charge in [-0.1, -0.05) is 111 Å². The van der Waals surface area contributed by atoms with Crippen LogP contribution in [0.5, 0.6) is 0 Å². The first-order valence-electron chi connectivity index (χ1n) is 24.1. The molecule has 0 amide bonds. The lowest BCUT2D eigenvalue weighted by molar-refractivity contribution is 0.590. The molecule has 0 radical (unpaired) electrons. The van der Waals surface area contributed by atoms with Crippen LogP contribution >= 0.6 is 0 Å². The number of para-hydroxylation sites is 3. The van der Waals surface area contributed by atoms with Crippen molar-refractivity contribution in [2.45, 2.75) is 91.9 Å². The standard InChI is InChI=1S/C60H55BN4/c1-37-33-38(2)58(39(3)34-37)65-53-25-14-10-21-47(53)61-48-35-42(62-49-22-11-7-17-43(49)46-20-15-26-50(46)62)36-56(64-51-23-12-8-18-44(51)45-19-9-13-24-52(45)64)59(48)63(54-27-16-28-55(65)57(54)61)41-31-29-40(30-32-41)60(4,5)6/h7-8,10-12,14,16-18,21-23,25,27-36H,9,13,15,19-20,24,26H2,1-6H3. The van der Waals surface area contributed by atoms with Crippen LogP contribution in [0, 0.1) is 20.8 Å². The summed E-state index contributed by atoms with van der Waals surface area (Å²) in [6.07, 6.45) is 8.05. The van der Waals surface area contributed by atoms with Gasteiger partial charge in [-0.2, -0.15) is 0 Å². The quantitative estimate of drug-likeness (QED) is 0.164. The fourth-order valence-electron chi connectivity index (χ4n) is 12.8. The average Bonchev–Trinajstić information content (AvgIpc) is 4.01. The summed E-state index contributed by atoms with van der Waals surface area (Å²) in [5.74, 6) is 0. The summed E-state index contributed by atoms with van der Waals surface area (Å²) < 4.78 is 5.37. The third-order valence-electron chi connectivity index (χ3n) is 15.4. The first-order valence-corrected chi connectivity index (χ1v) is 24.1. The lowest BCUT2D eigenvalue weighted by Crippen LogP contribution is -2.61. The highest BCUT2D eigenvalue weighted by Gasteiger charge is 2.45. The molecule has 0 saturated carbocycles. The van der Waals surface area contributed by atoms with Gasteiger partial charge in [-0.15, -0.1) is 0 Å². The topological polar surface area (TPSA) is 16.3 Å². The number of benzene rings is 7. The third kappa shape index (κ3) is 5.57. The van der Waals surface area contributed by atoms with Gasteiger partial charge in [-0.25, -0.2) is 0 Å². The molecule has 0 unspecified atom stereocenters. The summed E-state index contributed by atoms with van der Waals surface area (Å²) in [4.78, 5) is 5.24. The van der Waals surface area contributed by atoms with E-state index in [4.69, 9.17) is 0 Å². The van der Waals surface area contributed by atoms with Crippen LogP contribution in [-0.2, 0) is 31.1 Å². The summed E-state index contributed by atoms with van der Waals surface area (Å²) in [7, 11) is 0. The summed E-state index contributed by atoms with van der Waals surface area (Å²) in [6.45, 7) is 13.7. The largest absolute Gasteiger partial charge is 0.313 e. The number of hydrogen-bond donors (Lipinski definition) is 0. The van der Waals surface area contributed by atoms with E-state index < -0.39 is 0 Å². The van der Waals surface area contributed by atoms with Gasteiger partial charge in [-0.3, -0.25) is 0 Å². The van der Waals surface area contributed by atoms with Crippen molar-refractivity contribution in [2.24, 2.45) is 0 Å². The molecule has 0 spiro atoms. The van der Waals surface area contributed by atoms with Gasteiger partial charge in [0.1, 0.15) is 0 Å².